The summed E-state index contributed by atoms with van der Waals surface area (Å²) in [7, 11) is 0.110. The van der Waals surface area contributed by atoms with Crippen LogP contribution in [0.4, 0.5) is 0 Å². The highest BCUT2D eigenvalue weighted by Gasteiger charge is 2.16. The van der Waals surface area contributed by atoms with Gasteiger partial charge in [0.15, 0.2) is 0 Å². The zero-order valence-electron chi connectivity index (χ0n) is 10.1. The number of unbranched alkanes of at least 4 members (excludes halogenated alkanes) is 1. The molecule has 1 atom stereocenters. The van der Waals surface area contributed by atoms with Gasteiger partial charge in [-0.15, -0.1) is 0 Å². The largest absolute Gasteiger partial charge is 0.316 e. The van der Waals surface area contributed by atoms with E-state index in [1.165, 1.54) is 4.31 Å². The number of hydrogen-bond donors (Lipinski definition) is 2. The molecule has 0 aliphatic heterocycles. The molecule has 0 aromatic rings. The minimum absolute atomic E-state index is 0.138. The molecule has 0 aromatic heterocycles. The van der Waals surface area contributed by atoms with E-state index in [2.05, 4.69) is 10.0 Å². The molecule has 92 valence electrons. The lowest BCUT2D eigenvalue weighted by molar-refractivity contribution is 0.444. The van der Waals surface area contributed by atoms with Crippen LogP contribution >= 0.6 is 0 Å². The Kier molecular flexibility index (Phi) is 7.08. The fourth-order valence-corrected chi connectivity index (χ4v) is 1.99. The number of nitrogens with one attached hydrogen (secondary N) is 2. The minimum atomic E-state index is -3.29. The average Bonchev–Trinajstić information content (AvgIpc) is 2.22. The van der Waals surface area contributed by atoms with Crippen LogP contribution in [0.25, 0.3) is 0 Å². The van der Waals surface area contributed by atoms with E-state index in [1.807, 2.05) is 13.8 Å². The maximum atomic E-state index is 11.6. The van der Waals surface area contributed by atoms with Crippen molar-refractivity contribution in [1.82, 2.24) is 14.3 Å². The van der Waals surface area contributed by atoms with Gasteiger partial charge >= 0.3 is 0 Å². The van der Waals surface area contributed by atoms with Crippen molar-refractivity contribution < 1.29 is 8.42 Å². The topological polar surface area (TPSA) is 61.4 Å². The first-order valence-corrected chi connectivity index (χ1v) is 6.76. The molecule has 0 aliphatic rings. The normalized spacial score (nSPS) is 14.5. The van der Waals surface area contributed by atoms with Crippen LogP contribution in [0.15, 0.2) is 0 Å². The lowest BCUT2D eigenvalue weighted by Crippen LogP contribution is -2.43. The molecule has 0 saturated heterocycles. The number of likely N-dealkylation sites (N-methyl/N-ethyl adjacent to an activating group) is 1. The molecule has 0 rings (SSSR count). The maximum Gasteiger partial charge on any atom is 0.279 e. The Labute approximate surface area is 93.4 Å². The second-order valence-electron chi connectivity index (χ2n) is 3.72. The molecular weight excluding hydrogens is 214 g/mol. The molecule has 2 N–H and O–H groups in total. The SMILES string of the molecule is CCCCN(C)S(=O)(=O)NCC(C)NC. The Morgan fingerprint density at radius 1 is 1.40 bits per heavy atom. The summed E-state index contributed by atoms with van der Waals surface area (Å²) in [6, 6.07) is 0.138. The predicted molar refractivity (Wildman–Crippen MR) is 63.0 cm³/mol. The van der Waals surface area contributed by atoms with Crippen molar-refractivity contribution in [2.24, 2.45) is 0 Å². The summed E-state index contributed by atoms with van der Waals surface area (Å²) >= 11 is 0. The molecule has 6 heteroatoms. The van der Waals surface area contributed by atoms with Crippen molar-refractivity contribution in [3.05, 3.63) is 0 Å². The standard InChI is InChI=1S/C9H23N3O2S/c1-5-6-7-12(4)15(13,14)11-8-9(2)10-3/h9-11H,5-8H2,1-4H3. The van der Waals surface area contributed by atoms with Gasteiger partial charge in [0, 0.05) is 26.2 Å². The van der Waals surface area contributed by atoms with Gasteiger partial charge in [0.2, 0.25) is 0 Å². The molecular formula is C9H23N3O2S. The number of rotatable bonds is 8. The van der Waals surface area contributed by atoms with Gasteiger partial charge in [-0.25, -0.2) is 4.72 Å². The van der Waals surface area contributed by atoms with Crippen molar-refractivity contribution in [3.8, 4) is 0 Å². The summed E-state index contributed by atoms with van der Waals surface area (Å²) in [6.07, 6.45) is 1.88. The van der Waals surface area contributed by atoms with Gasteiger partial charge in [-0.05, 0) is 20.4 Å². The molecule has 15 heavy (non-hydrogen) atoms. The molecule has 0 heterocycles. The van der Waals surface area contributed by atoms with Crippen molar-refractivity contribution in [3.63, 3.8) is 0 Å². The van der Waals surface area contributed by atoms with Crippen LogP contribution in [-0.4, -0.2) is 45.9 Å². The Hall–Kier alpha value is -0.170. The summed E-state index contributed by atoms with van der Waals surface area (Å²) in [5, 5.41) is 2.97. The third-order valence-electron chi connectivity index (χ3n) is 2.30. The fraction of sp³-hybridized carbons (Fsp3) is 1.00. The first-order chi connectivity index (χ1) is 6.94. The summed E-state index contributed by atoms with van der Waals surface area (Å²) < 4.78 is 27.2. The molecule has 5 nitrogen and oxygen atoms in total. The molecule has 0 saturated carbocycles. The summed E-state index contributed by atoms with van der Waals surface area (Å²) in [6.45, 7) is 4.95. The van der Waals surface area contributed by atoms with Gasteiger partial charge in [-0.3, -0.25) is 0 Å². The maximum absolute atomic E-state index is 11.6. The van der Waals surface area contributed by atoms with Crippen LogP contribution in [-0.2, 0) is 10.2 Å². The molecule has 0 amide bonds. The van der Waals surface area contributed by atoms with Crippen LogP contribution in [0.5, 0.6) is 0 Å². The van der Waals surface area contributed by atoms with Gasteiger partial charge in [-0.1, -0.05) is 13.3 Å². The predicted octanol–water partition coefficient (Wildman–Crippen LogP) is 0.161. The van der Waals surface area contributed by atoms with E-state index >= 15 is 0 Å². The third-order valence-corrected chi connectivity index (χ3v) is 3.84. The first kappa shape index (κ1) is 14.8. The van der Waals surface area contributed by atoms with Crippen LogP contribution in [0.3, 0.4) is 0 Å². The van der Waals surface area contributed by atoms with E-state index in [0.717, 1.165) is 12.8 Å². The van der Waals surface area contributed by atoms with Crippen LogP contribution in [0.1, 0.15) is 26.7 Å². The zero-order chi connectivity index (χ0) is 11.9. The lowest BCUT2D eigenvalue weighted by Gasteiger charge is -2.19. The van der Waals surface area contributed by atoms with Crippen LogP contribution < -0.4 is 10.0 Å². The van der Waals surface area contributed by atoms with Gasteiger partial charge in [0.05, 0.1) is 0 Å². The molecule has 0 aromatic carbocycles. The Balaban J connectivity index is 4.05. The van der Waals surface area contributed by atoms with Gasteiger partial charge in [0.25, 0.3) is 10.2 Å². The Morgan fingerprint density at radius 3 is 2.47 bits per heavy atom. The molecule has 0 fully saturated rings. The number of hydrogen-bond acceptors (Lipinski definition) is 3. The highest BCUT2D eigenvalue weighted by Crippen LogP contribution is 1.97. The molecule has 0 spiro atoms. The van der Waals surface area contributed by atoms with Crippen molar-refractivity contribution >= 4 is 10.2 Å². The smallest absolute Gasteiger partial charge is 0.279 e. The molecule has 0 aliphatic carbocycles. The van der Waals surface area contributed by atoms with Gasteiger partial charge < -0.3 is 5.32 Å². The van der Waals surface area contributed by atoms with E-state index in [0.29, 0.717) is 13.1 Å². The molecule has 0 radical (unpaired) electrons. The third kappa shape index (κ3) is 6.09. The van der Waals surface area contributed by atoms with Crippen LogP contribution in [0, 0.1) is 0 Å². The van der Waals surface area contributed by atoms with Gasteiger partial charge in [0.1, 0.15) is 0 Å². The average molecular weight is 237 g/mol. The second-order valence-corrected chi connectivity index (χ2v) is 5.58. The van der Waals surface area contributed by atoms with Crippen molar-refractivity contribution in [2.45, 2.75) is 32.7 Å². The summed E-state index contributed by atoms with van der Waals surface area (Å²) in [4.78, 5) is 0. The van der Waals surface area contributed by atoms with E-state index in [-0.39, 0.29) is 6.04 Å². The van der Waals surface area contributed by atoms with E-state index < -0.39 is 10.2 Å². The van der Waals surface area contributed by atoms with E-state index in [9.17, 15) is 8.42 Å². The highest BCUT2D eigenvalue weighted by atomic mass is 32.2. The Morgan fingerprint density at radius 2 is 2.00 bits per heavy atom. The molecule has 1 unspecified atom stereocenters. The number of nitrogens with zero attached hydrogens (tertiary/aromatic N) is 1. The van der Waals surface area contributed by atoms with Crippen molar-refractivity contribution in [2.75, 3.05) is 27.2 Å². The highest BCUT2D eigenvalue weighted by molar-refractivity contribution is 7.87. The second kappa shape index (κ2) is 7.16. The minimum Gasteiger partial charge on any atom is -0.316 e. The van der Waals surface area contributed by atoms with Crippen LogP contribution in [0.2, 0.25) is 0 Å². The Bertz CT molecular complexity index is 254. The molecule has 0 bridgehead atoms. The summed E-state index contributed by atoms with van der Waals surface area (Å²) in [5.41, 5.74) is 0. The van der Waals surface area contributed by atoms with E-state index in [1.54, 1.807) is 14.1 Å². The van der Waals surface area contributed by atoms with E-state index in [4.69, 9.17) is 0 Å². The first-order valence-electron chi connectivity index (χ1n) is 5.32. The van der Waals surface area contributed by atoms with Gasteiger partial charge in [-0.2, -0.15) is 12.7 Å². The lowest BCUT2D eigenvalue weighted by atomic mass is 10.3. The fourth-order valence-electron chi connectivity index (χ4n) is 0.944. The quantitative estimate of drug-likeness (QED) is 0.632. The van der Waals surface area contributed by atoms with Crippen molar-refractivity contribution in [1.29, 1.82) is 0 Å². The summed E-state index contributed by atoms with van der Waals surface area (Å²) in [5.74, 6) is 0. The zero-order valence-corrected chi connectivity index (χ0v) is 10.9. The monoisotopic (exact) mass is 237 g/mol.